The van der Waals surface area contributed by atoms with E-state index in [0.717, 1.165) is 33.9 Å². The SMILES string of the molecule is COc1c(C(C)(C)C)cc(-c2nc(CCOc3ccccc3)co2)cc1C(C)(C)C. The van der Waals surface area contributed by atoms with Crippen molar-refractivity contribution in [3.63, 3.8) is 0 Å². The summed E-state index contributed by atoms with van der Waals surface area (Å²) in [7, 11) is 1.75. The van der Waals surface area contributed by atoms with Crippen LogP contribution in [0.1, 0.15) is 58.4 Å². The molecule has 4 nitrogen and oxygen atoms in total. The summed E-state index contributed by atoms with van der Waals surface area (Å²) in [6.07, 6.45) is 2.41. The molecule has 0 fully saturated rings. The molecule has 0 radical (unpaired) electrons. The maximum Gasteiger partial charge on any atom is 0.226 e. The molecular formula is C26H33NO3. The van der Waals surface area contributed by atoms with Crippen LogP contribution in [0.2, 0.25) is 0 Å². The van der Waals surface area contributed by atoms with Crippen molar-refractivity contribution in [3.8, 4) is 23.0 Å². The molecule has 3 rings (SSSR count). The molecule has 1 heterocycles. The molecule has 0 aliphatic rings. The van der Waals surface area contributed by atoms with E-state index in [1.807, 2.05) is 30.3 Å². The molecule has 0 saturated heterocycles. The third-order valence-corrected chi connectivity index (χ3v) is 5.08. The number of ether oxygens (including phenoxy) is 2. The molecule has 0 amide bonds. The van der Waals surface area contributed by atoms with Gasteiger partial charge in [-0.2, -0.15) is 0 Å². The van der Waals surface area contributed by atoms with Crippen LogP contribution in [0, 0.1) is 0 Å². The van der Waals surface area contributed by atoms with E-state index in [1.165, 1.54) is 0 Å². The summed E-state index contributed by atoms with van der Waals surface area (Å²) in [5.74, 6) is 2.44. The number of hydrogen-bond donors (Lipinski definition) is 0. The normalized spacial score (nSPS) is 12.1. The molecule has 0 atom stereocenters. The molecule has 1 aromatic heterocycles. The van der Waals surface area contributed by atoms with Gasteiger partial charge in [0.2, 0.25) is 5.89 Å². The molecule has 4 heteroatoms. The quantitative estimate of drug-likeness (QED) is 0.464. The predicted molar refractivity (Wildman–Crippen MR) is 122 cm³/mol. The zero-order valence-corrected chi connectivity index (χ0v) is 19.2. The third kappa shape index (κ3) is 5.05. The molecule has 0 spiro atoms. The average Bonchev–Trinajstić information content (AvgIpc) is 3.15. The Bertz CT molecular complexity index is 940. The smallest absolute Gasteiger partial charge is 0.226 e. The first-order valence-electron chi connectivity index (χ1n) is 10.4. The maximum absolute atomic E-state index is 5.85. The van der Waals surface area contributed by atoms with Crippen molar-refractivity contribution in [1.82, 2.24) is 4.98 Å². The number of aromatic nitrogens is 1. The number of para-hydroxylation sites is 1. The third-order valence-electron chi connectivity index (χ3n) is 5.08. The van der Waals surface area contributed by atoms with Crippen LogP contribution in [0.25, 0.3) is 11.5 Å². The van der Waals surface area contributed by atoms with Gasteiger partial charge in [0.1, 0.15) is 17.8 Å². The molecule has 0 bridgehead atoms. The minimum atomic E-state index is -0.0691. The van der Waals surface area contributed by atoms with Crippen molar-refractivity contribution in [1.29, 1.82) is 0 Å². The van der Waals surface area contributed by atoms with E-state index in [9.17, 15) is 0 Å². The van der Waals surface area contributed by atoms with Crippen LogP contribution < -0.4 is 9.47 Å². The Kier molecular flexibility index (Phi) is 6.25. The standard InChI is InChI=1S/C26H33NO3/c1-25(2,3)21-15-18(16-22(23(21)28-7)26(4,5)6)24-27-19(17-30-24)13-14-29-20-11-9-8-10-12-20/h8-12,15-17H,13-14H2,1-7H3. The second-order valence-corrected chi connectivity index (χ2v) is 9.66. The number of methoxy groups -OCH3 is 1. The zero-order valence-electron chi connectivity index (χ0n) is 19.2. The summed E-state index contributed by atoms with van der Waals surface area (Å²) in [5.41, 5.74) is 4.02. The minimum Gasteiger partial charge on any atom is -0.496 e. The Morgan fingerprint density at radius 1 is 0.900 bits per heavy atom. The Morgan fingerprint density at radius 2 is 1.50 bits per heavy atom. The number of oxazole rings is 1. The molecule has 0 saturated carbocycles. The van der Waals surface area contributed by atoms with Gasteiger partial charge in [-0.25, -0.2) is 4.98 Å². The van der Waals surface area contributed by atoms with Crippen molar-refractivity contribution in [2.75, 3.05) is 13.7 Å². The lowest BCUT2D eigenvalue weighted by Gasteiger charge is -2.29. The Hall–Kier alpha value is -2.75. The maximum atomic E-state index is 5.85. The van der Waals surface area contributed by atoms with E-state index in [-0.39, 0.29) is 10.8 Å². The zero-order chi connectivity index (χ0) is 21.9. The number of rotatable bonds is 6. The molecule has 2 aromatic carbocycles. The van der Waals surface area contributed by atoms with Crippen molar-refractivity contribution >= 4 is 0 Å². The molecule has 0 aliphatic carbocycles. The van der Waals surface area contributed by atoms with Gasteiger partial charge in [0, 0.05) is 23.1 Å². The monoisotopic (exact) mass is 407 g/mol. The molecule has 3 aromatic rings. The van der Waals surface area contributed by atoms with E-state index in [4.69, 9.17) is 18.9 Å². The molecule has 160 valence electrons. The predicted octanol–water partition coefficient (Wildman–Crippen LogP) is 6.57. The van der Waals surface area contributed by atoms with Crippen LogP contribution in [0.15, 0.2) is 53.1 Å². The van der Waals surface area contributed by atoms with Gasteiger partial charge in [-0.05, 0) is 35.1 Å². The van der Waals surface area contributed by atoms with Crippen LogP contribution in [0.4, 0.5) is 0 Å². The van der Waals surface area contributed by atoms with Crippen LogP contribution in [-0.4, -0.2) is 18.7 Å². The van der Waals surface area contributed by atoms with Gasteiger partial charge in [0.15, 0.2) is 0 Å². The van der Waals surface area contributed by atoms with Crippen molar-refractivity contribution in [2.24, 2.45) is 0 Å². The van der Waals surface area contributed by atoms with Gasteiger partial charge >= 0.3 is 0 Å². The van der Waals surface area contributed by atoms with Crippen molar-refractivity contribution < 1.29 is 13.9 Å². The van der Waals surface area contributed by atoms with Gasteiger partial charge in [-0.1, -0.05) is 59.7 Å². The van der Waals surface area contributed by atoms with Crippen LogP contribution in [0.5, 0.6) is 11.5 Å². The van der Waals surface area contributed by atoms with Crippen molar-refractivity contribution in [2.45, 2.75) is 58.8 Å². The van der Waals surface area contributed by atoms with Gasteiger partial charge in [-0.3, -0.25) is 0 Å². The lowest BCUT2D eigenvalue weighted by atomic mass is 9.78. The van der Waals surface area contributed by atoms with Gasteiger partial charge in [-0.15, -0.1) is 0 Å². The highest BCUT2D eigenvalue weighted by atomic mass is 16.5. The summed E-state index contributed by atoms with van der Waals surface area (Å²) >= 11 is 0. The number of nitrogens with zero attached hydrogens (tertiary/aromatic N) is 1. The Balaban J connectivity index is 1.88. The second kappa shape index (κ2) is 8.55. The Morgan fingerprint density at radius 3 is 2.03 bits per heavy atom. The fourth-order valence-corrected chi connectivity index (χ4v) is 3.43. The first kappa shape index (κ1) is 21.9. The molecule has 0 N–H and O–H groups in total. The lowest BCUT2D eigenvalue weighted by molar-refractivity contribution is 0.320. The molecule has 30 heavy (non-hydrogen) atoms. The van der Waals surface area contributed by atoms with E-state index < -0.39 is 0 Å². The van der Waals surface area contributed by atoms with E-state index in [1.54, 1.807) is 13.4 Å². The van der Waals surface area contributed by atoms with E-state index in [0.29, 0.717) is 18.9 Å². The molecule has 0 unspecified atom stereocenters. The average molecular weight is 408 g/mol. The summed E-state index contributed by atoms with van der Waals surface area (Å²) in [6, 6.07) is 14.1. The first-order chi connectivity index (χ1) is 14.1. The van der Waals surface area contributed by atoms with Gasteiger partial charge < -0.3 is 13.9 Å². The van der Waals surface area contributed by atoms with E-state index in [2.05, 4.69) is 53.7 Å². The highest BCUT2D eigenvalue weighted by Crippen LogP contribution is 2.42. The van der Waals surface area contributed by atoms with E-state index >= 15 is 0 Å². The van der Waals surface area contributed by atoms with Crippen LogP contribution >= 0.6 is 0 Å². The summed E-state index contributed by atoms with van der Waals surface area (Å²) < 4.78 is 17.5. The highest BCUT2D eigenvalue weighted by Gasteiger charge is 2.28. The van der Waals surface area contributed by atoms with Gasteiger partial charge in [0.25, 0.3) is 0 Å². The molecule has 0 aliphatic heterocycles. The number of hydrogen-bond acceptors (Lipinski definition) is 4. The number of benzene rings is 2. The summed E-state index contributed by atoms with van der Waals surface area (Å²) in [6.45, 7) is 13.7. The fraction of sp³-hybridized carbons (Fsp3) is 0.423. The van der Waals surface area contributed by atoms with Crippen molar-refractivity contribution in [3.05, 3.63) is 65.5 Å². The largest absolute Gasteiger partial charge is 0.496 e. The topological polar surface area (TPSA) is 44.5 Å². The minimum absolute atomic E-state index is 0.0691. The second-order valence-electron chi connectivity index (χ2n) is 9.66. The van der Waals surface area contributed by atoms with Gasteiger partial charge in [0.05, 0.1) is 19.4 Å². The van der Waals surface area contributed by atoms with Crippen LogP contribution in [0.3, 0.4) is 0 Å². The molecular weight excluding hydrogens is 374 g/mol. The lowest BCUT2D eigenvalue weighted by Crippen LogP contribution is -2.19. The first-order valence-corrected chi connectivity index (χ1v) is 10.4. The summed E-state index contributed by atoms with van der Waals surface area (Å²) in [5, 5.41) is 0. The van der Waals surface area contributed by atoms with Crippen LogP contribution in [-0.2, 0) is 17.3 Å². The Labute approximate surface area is 180 Å². The highest BCUT2D eigenvalue weighted by molar-refractivity contribution is 5.63. The summed E-state index contributed by atoms with van der Waals surface area (Å²) in [4.78, 5) is 4.73. The fourth-order valence-electron chi connectivity index (χ4n) is 3.43.